The van der Waals surface area contributed by atoms with E-state index in [2.05, 4.69) is 11.8 Å². The van der Waals surface area contributed by atoms with Gasteiger partial charge in [0.2, 0.25) is 0 Å². The fourth-order valence-corrected chi connectivity index (χ4v) is 3.34. The quantitative estimate of drug-likeness (QED) is 0.500. The predicted molar refractivity (Wildman–Crippen MR) is 89.6 cm³/mol. The number of carboxylic acid groups (broad SMARTS) is 1. The van der Waals surface area contributed by atoms with Crippen molar-refractivity contribution in [2.75, 3.05) is 6.61 Å². The first-order chi connectivity index (χ1) is 11.4. The maximum Gasteiger partial charge on any atom is 0.329 e. The van der Waals surface area contributed by atoms with Crippen LogP contribution < -0.4 is 0 Å². The summed E-state index contributed by atoms with van der Waals surface area (Å²) in [5.74, 6) is 4.91. The Labute approximate surface area is 148 Å². The number of aliphatic carboxylic acids is 1. The number of ether oxygens (including phenoxy) is 1. The maximum atomic E-state index is 11.1. The number of alkyl halides is 1. The summed E-state index contributed by atoms with van der Waals surface area (Å²) in [6, 6.07) is 4.76. The maximum absolute atomic E-state index is 11.1. The van der Waals surface area contributed by atoms with Crippen LogP contribution in [0, 0.1) is 24.7 Å². The Morgan fingerprint density at radius 2 is 2.25 bits per heavy atom. The first kappa shape index (κ1) is 18.9. The minimum absolute atomic E-state index is 0.0180. The van der Waals surface area contributed by atoms with Gasteiger partial charge >= 0.3 is 5.97 Å². The molecule has 1 aromatic rings. The van der Waals surface area contributed by atoms with Gasteiger partial charge in [-0.25, -0.2) is 4.79 Å². The lowest BCUT2D eigenvalue weighted by Gasteiger charge is -2.30. The van der Waals surface area contributed by atoms with E-state index in [4.69, 9.17) is 21.4 Å². The second-order valence-corrected chi connectivity index (χ2v) is 7.30. The van der Waals surface area contributed by atoms with Crippen molar-refractivity contribution in [2.45, 2.75) is 42.6 Å². The van der Waals surface area contributed by atoms with E-state index in [0.29, 0.717) is 18.4 Å². The molecular formula is C17H18ClO5S-. The predicted octanol–water partition coefficient (Wildman–Crippen LogP) is 2.46. The monoisotopic (exact) mass is 369 g/mol. The van der Waals surface area contributed by atoms with Crippen LogP contribution in [-0.2, 0) is 20.6 Å². The molecule has 0 aliphatic heterocycles. The molecule has 2 rings (SSSR count). The Kier molecular flexibility index (Phi) is 6.81. The van der Waals surface area contributed by atoms with E-state index < -0.39 is 17.0 Å². The van der Waals surface area contributed by atoms with Crippen molar-refractivity contribution in [1.82, 2.24) is 0 Å². The third-order valence-corrected chi connectivity index (χ3v) is 4.97. The zero-order chi connectivity index (χ0) is 17.7. The van der Waals surface area contributed by atoms with Crippen LogP contribution in [0.4, 0.5) is 0 Å². The first-order valence-electron chi connectivity index (χ1n) is 7.55. The normalized spacial score (nSPS) is 24.7. The van der Waals surface area contributed by atoms with Gasteiger partial charge < -0.3 is 14.4 Å². The molecule has 1 aliphatic carbocycles. The van der Waals surface area contributed by atoms with E-state index in [1.54, 1.807) is 6.07 Å². The Bertz CT molecular complexity index is 694. The molecule has 130 valence electrons. The second kappa shape index (κ2) is 8.63. The Balaban J connectivity index is 2.20. The number of halogens is 1. The molecule has 1 aliphatic rings. The van der Waals surface area contributed by atoms with Gasteiger partial charge in [0, 0.05) is 21.8 Å². The summed E-state index contributed by atoms with van der Waals surface area (Å²) < 4.78 is 27.6. The van der Waals surface area contributed by atoms with Gasteiger partial charge in [-0.1, -0.05) is 17.9 Å². The molecule has 7 heteroatoms. The summed E-state index contributed by atoms with van der Waals surface area (Å²) in [6.45, 7) is 1.49. The van der Waals surface area contributed by atoms with Crippen LogP contribution in [0.3, 0.4) is 0 Å². The average molecular weight is 370 g/mol. The molecule has 1 saturated carbocycles. The van der Waals surface area contributed by atoms with Gasteiger partial charge in [-0.3, -0.25) is 4.21 Å². The van der Waals surface area contributed by atoms with Crippen molar-refractivity contribution in [3.05, 3.63) is 29.3 Å². The van der Waals surface area contributed by atoms with Crippen molar-refractivity contribution in [2.24, 2.45) is 5.92 Å². The van der Waals surface area contributed by atoms with E-state index in [-0.39, 0.29) is 28.9 Å². The van der Waals surface area contributed by atoms with Gasteiger partial charge in [0.25, 0.3) is 0 Å². The van der Waals surface area contributed by atoms with Crippen LogP contribution in [0.2, 0.25) is 0 Å². The number of benzene rings is 1. The van der Waals surface area contributed by atoms with E-state index >= 15 is 0 Å². The summed E-state index contributed by atoms with van der Waals surface area (Å²) in [4.78, 5) is 10.9. The lowest BCUT2D eigenvalue weighted by atomic mass is 9.86. The number of hydrogen-bond donors (Lipinski definition) is 1. The van der Waals surface area contributed by atoms with Crippen LogP contribution in [0.25, 0.3) is 0 Å². The van der Waals surface area contributed by atoms with Crippen LogP contribution in [-0.4, -0.2) is 37.9 Å². The molecule has 0 amide bonds. The highest BCUT2D eigenvalue weighted by molar-refractivity contribution is 7.79. The molecular weight excluding hydrogens is 352 g/mol. The van der Waals surface area contributed by atoms with Gasteiger partial charge in [0.1, 0.15) is 6.61 Å². The molecule has 1 fully saturated rings. The summed E-state index contributed by atoms with van der Waals surface area (Å²) in [5.41, 5.74) is 1.50. The van der Waals surface area contributed by atoms with Crippen molar-refractivity contribution in [3.8, 4) is 11.8 Å². The van der Waals surface area contributed by atoms with E-state index in [9.17, 15) is 13.6 Å². The molecule has 0 heterocycles. The van der Waals surface area contributed by atoms with Gasteiger partial charge in [-0.2, -0.15) is 0 Å². The average Bonchev–Trinajstić information content (AvgIpc) is 2.52. The number of hydrogen-bond acceptors (Lipinski definition) is 4. The molecule has 4 atom stereocenters. The van der Waals surface area contributed by atoms with Crippen LogP contribution in [0.1, 0.15) is 30.4 Å². The number of carbonyl (C=O) groups is 1. The highest BCUT2D eigenvalue weighted by atomic mass is 35.5. The molecule has 1 aromatic carbocycles. The SMILES string of the molecule is Cc1ccc(S(=O)[O-])cc1C#CC1CC(Cl)CCC1OCC(=O)O. The van der Waals surface area contributed by atoms with Crippen molar-refractivity contribution in [1.29, 1.82) is 0 Å². The Hall–Kier alpha value is -1.39. The van der Waals surface area contributed by atoms with E-state index in [0.717, 1.165) is 12.0 Å². The molecule has 0 spiro atoms. The Morgan fingerprint density at radius 1 is 1.50 bits per heavy atom. The molecule has 0 aromatic heterocycles. The molecule has 1 N–H and O–H groups in total. The Morgan fingerprint density at radius 3 is 2.92 bits per heavy atom. The smallest absolute Gasteiger partial charge is 0.329 e. The van der Waals surface area contributed by atoms with Gasteiger partial charge in [-0.05, 0) is 55.0 Å². The first-order valence-corrected chi connectivity index (χ1v) is 9.07. The number of carboxylic acids is 1. The number of rotatable bonds is 4. The minimum Gasteiger partial charge on any atom is -0.768 e. The summed E-state index contributed by atoms with van der Waals surface area (Å²) >= 11 is 3.89. The zero-order valence-corrected chi connectivity index (χ0v) is 14.7. The molecule has 0 bridgehead atoms. The topological polar surface area (TPSA) is 86.7 Å². The lowest BCUT2D eigenvalue weighted by molar-refractivity contribution is -0.145. The molecule has 5 nitrogen and oxygen atoms in total. The van der Waals surface area contributed by atoms with Crippen molar-refractivity contribution in [3.63, 3.8) is 0 Å². The summed E-state index contributed by atoms with van der Waals surface area (Å²) in [6.07, 6.45) is 1.75. The van der Waals surface area contributed by atoms with Crippen LogP contribution >= 0.6 is 11.6 Å². The third kappa shape index (κ3) is 5.32. The van der Waals surface area contributed by atoms with Crippen LogP contribution in [0.5, 0.6) is 0 Å². The standard InChI is InChI=1S/C17H19ClO5S/c1-11-2-6-15(24(21)22)9-12(11)3-4-13-8-14(18)5-7-16(13)23-10-17(19)20/h2,6,9,13-14,16H,5,7-8,10H2,1H3,(H,19,20)(H,21,22)/p-1. The van der Waals surface area contributed by atoms with Gasteiger partial charge in [0.15, 0.2) is 0 Å². The number of aryl methyl sites for hydroxylation is 1. The fourth-order valence-electron chi connectivity index (χ4n) is 2.63. The minimum atomic E-state index is -2.31. The molecule has 4 unspecified atom stereocenters. The van der Waals surface area contributed by atoms with E-state index in [1.165, 1.54) is 12.1 Å². The molecule has 0 saturated heterocycles. The largest absolute Gasteiger partial charge is 0.768 e. The van der Waals surface area contributed by atoms with E-state index in [1.807, 2.05) is 6.92 Å². The lowest BCUT2D eigenvalue weighted by Crippen LogP contribution is -2.32. The van der Waals surface area contributed by atoms with Gasteiger partial charge in [0.05, 0.1) is 6.10 Å². The van der Waals surface area contributed by atoms with Crippen LogP contribution in [0.15, 0.2) is 23.1 Å². The highest BCUT2D eigenvalue weighted by Crippen LogP contribution is 2.30. The van der Waals surface area contributed by atoms with Gasteiger partial charge in [-0.15, -0.1) is 11.6 Å². The molecule has 24 heavy (non-hydrogen) atoms. The van der Waals surface area contributed by atoms with Crippen molar-refractivity contribution < 1.29 is 23.4 Å². The fraction of sp³-hybridized carbons (Fsp3) is 0.471. The summed E-state index contributed by atoms with van der Waals surface area (Å²) in [5, 5.41) is 8.75. The summed E-state index contributed by atoms with van der Waals surface area (Å²) in [7, 11) is 0. The zero-order valence-electron chi connectivity index (χ0n) is 13.2. The highest BCUT2D eigenvalue weighted by Gasteiger charge is 2.29. The molecule has 0 radical (unpaired) electrons. The van der Waals surface area contributed by atoms with Crippen molar-refractivity contribution >= 4 is 28.7 Å². The second-order valence-electron chi connectivity index (χ2n) is 5.74. The third-order valence-electron chi connectivity index (χ3n) is 3.94.